The van der Waals surface area contributed by atoms with Gasteiger partial charge in [0.1, 0.15) is 12.2 Å². The second kappa shape index (κ2) is 6.68. The predicted octanol–water partition coefficient (Wildman–Crippen LogP) is 1.65. The molecule has 2 atom stereocenters. The first-order chi connectivity index (χ1) is 9.86. The molecule has 3 rings (SSSR count). The van der Waals surface area contributed by atoms with Gasteiger partial charge >= 0.3 is 0 Å². The van der Waals surface area contributed by atoms with Crippen LogP contribution in [0.25, 0.3) is 0 Å². The molecule has 3 heterocycles. The van der Waals surface area contributed by atoms with Crippen molar-refractivity contribution in [1.82, 2.24) is 25.0 Å². The van der Waals surface area contributed by atoms with Crippen LogP contribution in [-0.2, 0) is 13.1 Å². The average molecular weight is 277 g/mol. The van der Waals surface area contributed by atoms with Crippen LogP contribution in [0, 0.1) is 5.92 Å². The highest BCUT2D eigenvalue weighted by molar-refractivity contribution is 4.90. The molecule has 112 valence electrons. The molecule has 0 saturated carbocycles. The van der Waals surface area contributed by atoms with Gasteiger partial charge in [0.25, 0.3) is 0 Å². The molecule has 0 amide bonds. The molecule has 2 saturated heterocycles. The number of piperidine rings is 1. The summed E-state index contributed by atoms with van der Waals surface area (Å²) in [6.07, 6.45) is 8.24. The fourth-order valence-corrected chi connectivity index (χ4v) is 3.69. The molecule has 1 N–H and O–H groups in total. The van der Waals surface area contributed by atoms with Crippen molar-refractivity contribution < 1.29 is 0 Å². The zero-order valence-corrected chi connectivity index (χ0v) is 12.6. The number of hydrogen-bond acceptors (Lipinski definition) is 4. The van der Waals surface area contributed by atoms with Crippen molar-refractivity contribution in [2.45, 2.75) is 58.2 Å². The molecular formula is C15H27N5. The third-order valence-corrected chi connectivity index (χ3v) is 4.71. The number of nitrogens with zero attached hydrogens (tertiary/aromatic N) is 4. The van der Waals surface area contributed by atoms with Gasteiger partial charge in [-0.1, -0.05) is 6.92 Å². The van der Waals surface area contributed by atoms with Crippen molar-refractivity contribution in [2.75, 3.05) is 19.6 Å². The lowest BCUT2D eigenvalue weighted by molar-refractivity contribution is 0.140. The van der Waals surface area contributed by atoms with Gasteiger partial charge in [0.15, 0.2) is 0 Å². The molecule has 0 radical (unpaired) electrons. The van der Waals surface area contributed by atoms with E-state index in [4.69, 9.17) is 0 Å². The van der Waals surface area contributed by atoms with E-state index in [9.17, 15) is 0 Å². The van der Waals surface area contributed by atoms with Gasteiger partial charge in [-0.05, 0) is 51.1 Å². The molecule has 1 aromatic heterocycles. The predicted molar refractivity (Wildman–Crippen MR) is 79.3 cm³/mol. The quantitative estimate of drug-likeness (QED) is 0.889. The van der Waals surface area contributed by atoms with Crippen LogP contribution in [-0.4, -0.2) is 45.3 Å². The van der Waals surface area contributed by atoms with E-state index in [0.29, 0.717) is 0 Å². The molecule has 2 aliphatic rings. The fraction of sp³-hybridized carbons (Fsp3) is 0.867. The molecular weight excluding hydrogens is 250 g/mol. The Morgan fingerprint density at radius 2 is 2.30 bits per heavy atom. The first-order valence-electron chi connectivity index (χ1n) is 8.19. The molecule has 0 aromatic carbocycles. The van der Waals surface area contributed by atoms with E-state index >= 15 is 0 Å². The lowest BCUT2D eigenvalue weighted by Gasteiger charge is -2.35. The lowest BCUT2D eigenvalue weighted by Crippen LogP contribution is -2.43. The van der Waals surface area contributed by atoms with E-state index in [1.807, 2.05) is 0 Å². The Balaban J connectivity index is 1.57. The molecule has 0 spiro atoms. The second-order valence-corrected chi connectivity index (χ2v) is 6.24. The lowest BCUT2D eigenvalue weighted by atomic mass is 9.90. The minimum Gasteiger partial charge on any atom is -0.314 e. The summed E-state index contributed by atoms with van der Waals surface area (Å²) in [4.78, 5) is 7.02. The molecule has 1 aromatic rings. The topological polar surface area (TPSA) is 46.0 Å². The molecule has 2 fully saturated rings. The SMILES string of the molecule is CCCn1ncnc1CN1CCCC(C2CCCN2)C1. The van der Waals surface area contributed by atoms with Crippen molar-refractivity contribution in [3.05, 3.63) is 12.2 Å². The van der Waals surface area contributed by atoms with E-state index < -0.39 is 0 Å². The minimum atomic E-state index is 0.756. The highest BCUT2D eigenvalue weighted by Gasteiger charge is 2.29. The summed E-state index contributed by atoms with van der Waals surface area (Å²) < 4.78 is 2.07. The van der Waals surface area contributed by atoms with Gasteiger partial charge in [0.2, 0.25) is 0 Å². The van der Waals surface area contributed by atoms with Crippen LogP contribution in [0.4, 0.5) is 0 Å². The van der Waals surface area contributed by atoms with Crippen molar-refractivity contribution in [1.29, 1.82) is 0 Å². The van der Waals surface area contributed by atoms with Gasteiger partial charge in [-0.3, -0.25) is 4.90 Å². The zero-order chi connectivity index (χ0) is 13.8. The van der Waals surface area contributed by atoms with Gasteiger partial charge in [-0.25, -0.2) is 9.67 Å². The third-order valence-electron chi connectivity index (χ3n) is 4.71. The van der Waals surface area contributed by atoms with E-state index in [2.05, 4.69) is 31.9 Å². The summed E-state index contributed by atoms with van der Waals surface area (Å²) in [5.41, 5.74) is 0. The van der Waals surface area contributed by atoms with Gasteiger partial charge in [-0.2, -0.15) is 5.10 Å². The maximum Gasteiger partial charge on any atom is 0.141 e. The van der Waals surface area contributed by atoms with Crippen molar-refractivity contribution in [3.8, 4) is 0 Å². The first-order valence-corrected chi connectivity index (χ1v) is 8.19. The first kappa shape index (κ1) is 14.0. The van der Waals surface area contributed by atoms with Crippen LogP contribution in [0.3, 0.4) is 0 Å². The van der Waals surface area contributed by atoms with Gasteiger partial charge < -0.3 is 5.32 Å². The number of likely N-dealkylation sites (tertiary alicyclic amines) is 1. The molecule has 20 heavy (non-hydrogen) atoms. The summed E-state index contributed by atoms with van der Waals surface area (Å²) in [5.74, 6) is 1.96. The van der Waals surface area contributed by atoms with Crippen LogP contribution in [0.2, 0.25) is 0 Å². The van der Waals surface area contributed by atoms with Crippen molar-refractivity contribution >= 4 is 0 Å². The average Bonchev–Trinajstić information content (AvgIpc) is 3.12. The van der Waals surface area contributed by atoms with Crippen molar-refractivity contribution in [3.63, 3.8) is 0 Å². The third kappa shape index (κ3) is 3.20. The Morgan fingerprint density at radius 3 is 3.10 bits per heavy atom. The Labute approximate surface area is 121 Å². The van der Waals surface area contributed by atoms with E-state index in [0.717, 1.165) is 37.3 Å². The maximum absolute atomic E-state index is 4.45. The van der Waals surface area contributed by atoms with Gasteiger partial charge in [0.05, 0.1) is 6.54 Å². The fourth-order valence-electron chi connectivity index (χ4n) is 3.69. The van der Waals surface area contributed by atoms with E-state index in [1.54, 1.807) is 6.33 Å². The standard InChI is InChI=1S/C15H27N5/c1-2-8-20-15(17-12-18-20)11-19-9-4-5-13(10-19)14-6-3-7-16-14/h12-14,16H,2-11H2,1H3. The molecule has 5 nitrogen and oxygen atoms in total. The van der Waals surface area contributed by atoms with Crippen LogP contribution in [0.1, 0.15) is 44.9 Å². The molecule has 0 aliphatic carbocycles. The molecule has 0 bridgehead atoms. The second-order valence-electron chi connectivity index (χ2n) is 6.24. The zero-order valence-electron chi connectivity index (χ0n) is 12.6. The van der Waals surface area contributed by atoms with E-state index in [-0.39, 0.29) is 0 Å². The largest absolute Gasteiger partial charge is 0.314 e. The summed E-state index contributed by atoms with van der Waals surface area (Å²) >= 11 is 0. The number of nitrogens with one attached hydrogen (secondary N) is 1. The van der Waals surface area contributed by atoms with Gasteiger partial charge in [-0.15, -0.1) is 0 Å². The number of aromatic nitrogens is 3. The van der Waals surface area contributed by atoms with Gasteiger partial charge in [0, 0.05) is 19.1 Å². The van der Waals surface area contributed by atoms with Crippen molar-refractivity contribution in [2.24, 2.45) is 5.92 Å². The van der Waals surface area contributed by atoms with E-state index in [1.165, 1.54) is 45.3 Å². The van der Waals surface area contributed by atoms with Crippen LogP contribution < -0.4 is 5.32 Å². The minimum absolute atomic E-state index is 0.756. The summed E-state index contributed by atoms with van der Waals surface area (Å²) in [5, 5.41) is 8.01. The Kier molecular flexibility index (Phi) is 4.68. The monoisotopic (exact) mass is 277 g/mol. The van der Waals surface area contributed by atoms with Crippen LogP contribution in [0.5, 0.6) is 0 Å². The van der Waals surface area contributed by atoms with Crippen LogP contribution >= 0.6 is 0 Å². The summed E-state index contributed by atoms with van der Waals surface area (Å²) in [7, 11) is 0. The highest BCUT2D eigenvalue weighted by atomic mass is 15.3. The Hall–Kier alpha value is -0.940. The molecule has 2 unspecified atom stereocenters. The van der Waals surface area contributed by atoms with Crippen LogP contribution in [0.15, 0.2) is 6.33 Å². The number of hydrogen-bond donors (Lipinski definition) is 1. The highest BCUT2D eigenvalue weighted by Crippen LogP contribution is 2.25. The number of aryl methyl sites for hydroxylation is 1. The summed E-state index contributed by atoms with van der Waals surface area (Å²) in [6, 6.07) is 0.756. The number of rotatable bonds is 5. The summed E-state index contributed by atoms with van der Waals surface area (Å²) in [6.45, 7) is 7.78. The maximum atomic E-state index is 4.45. The smallest absolute Gasteiger partial charge is 0.141 e. The molecule has 2 aliphatic heterocycles. The Morgan fingerprint density at radius 1 is 1.35 bits per heavy atom. The molecule has 5 heteroatoms. The Bertz CT molecular complexity index is 410. The normalized spacial score (nSPS) is 28.1.